The number of hydrogen-bond acceptors (Lipinski definition) is 8. The molecule has 0 aromatic heterocycles. The zero-order valence-electron chi connectivity index (χ0n) is 22.1. The van der Waals surface area contributed by atoms with Crippen LogP contribution in [0, 0.1) is 0 Å². The van der Waals surface area contributed by atoms with Crippen LogP contribution in [0.4, 0.5) is 0 Å². The second-order valence-electron chi connectivity index (χ2n) is 9.56. The molecule has 1 fully saturated rings. The van der Waals surface area contributed by atoms with Crippen molar-refractivity contribution in [2.24, 2.45) is 0 Å². The first-order chi connectivity index (χ1) is 18.7. The fraction of sp³-hybridized carbons (Fsp3) is 0.400. The lowest BCUT2D eigenvalue weighted by molar-refractivity contribution is -0.433. The van der Waals surface area contributed by atoms with E-state index in [4.69, 9.17) is 14.2 Å². The number of ether oxygens (including phenoxy) is 2. The Hall–Kier alpha value is -2.59. The van der Waals surface area contributed by atoms with Crippen molar-refractivity contribution in [2.75, 3.05) is 40.5 Å². The largest absolute Gasteiger partial charge is 0.492 e. The molecule has 2 atom stereocenters. The predicted octanol–water partition coefficient (Wildman–Crippen LogP) is 6.65. The molecular weight excluding hydrogens is 502 g/mol. The van der Waals surface area contributed by atoms with Crippen LogP contribution in [-0.4, -0.2) is 50.6 Å². The van der Waals surface area contributed by atoms with Crippen LogP contribution < -0.4 is 8.92 Å². The van der Waals surface area contributed by atoms with Gasteiger partial charge in [0.15, 0.2) is 0 Å². The summed E-state index contributed by atoms with van der Waals surface area (Å²) < 4.78 is 20.1. The van der Waals surface area contributed by atoms with E-state index < -0.39 is 0 Å². The molecule has 0 unspecified atom stereocenters. The van der Waals surface area contributed by atoms with E-state index in [1.54, 1.807) is 14.2 Å². The van der Waals surface area contributed by atoms with Crippen LogP contribution >= 0.6 is 12.3 Å². The summed E-state index contributed by atoms with van der Waals surface area (Å²) in [6.07, 6.45) is 4.61. The minimum Gasteiger partial charge on any atom is -0.492 e. The quantitative estimate of drug-likeness (QED) is 0.133. The van der Waals surface area contributed by atoms with Crippen molar-refractivity contribution < 1.29 is 28.3 Å². The zero-order chi connectivity index (χ0) is 26.6. The molecule has 0 radical (unpaired) electrons. The van der Waals surface area contributed by atoms with Crippen LogP contribution in [0.1, 0.15) is 53.4 Å². The standard InChI is InChI=1S/C28H31NO5S.C2H6O/c30-33-34-35-32-25-13-15-27-23(20-25)10-14-26(21-6-2-1-3-7-21)28(27)22-8-11-24(12-9-22)31-19-18-29-16-4-5-17-29;1-3-2/h1-3,6-9,11-13,15,20,26,28,30H,4-5,10,14,16-19H2;1-2H3/t26-,28+;/m1./s1. The summed E-state index contributed by atoms with van der Waals surface area (Å²) in [4.78, 5) is 2.47. The van der Waals surface area contributed by atoms with E-state index in [-0.39, 0.29) is 5.92 Å². The third-order valence-corrected chi connectivity index (χ3v) is 7.48. The van der Waals surface area contributed by atoms with Gasteiger partial charge in [-0.3, -0.25) is 4.90 Å². The first kappa shape index (κ1) is 28.4. The minimum atomic E-state index is 0.235. The summed E-state index contributed by atoms with van der Waals surface area (Å²) in [5.74, 6) is 2.20. The van der Waals surface area contributed by atoms with Gasteiger partial charge in [-0.05, 0) is 91.2 Å². The number of nitrogens with zero attached hydrogens (tertiary/aromatic N) is 1. The summed E-state index contributed by atoms with van der Waals surface area (Å²) in [5.41, 5.74) is 5.21. The van der Waals surface area contributed by atoms with Crippen molar-refractivity contribution in [3.63, 3.8) is 0 Å². The zero-order valence-corrected chi connectivity index (χ0v) is 22.9. The van der Waals surface area contributed by atoms with E-state index in [1.807, 2.05) is 12.1 Å². The molecule has 5 rings (SSSR count). The molecule has 1 aliphatic heterocycles. The van der Waals surface area contributed by atoms with Gasteiger partial charge in [0.05, 0.1) is 0 Å². The fourth-order valence-electron chi connectivity index (χ4n) is 5.46. The molecule has 3 aromatic rings. The van der Waals surface area contributed by atoms with Gasteiger partial charge in [-0.2, -0.15) is 0 Å². The molecule has 8 heteroatoms. The lowest BCUT2D eigenvalue weighted by Crippen LogP contribution is -2.25. The van der Waals surface area contributed by atoms with Gasteiger partial charge in [-0.25, -0.2) is 5.26 Å². The number of hydrogen-bond donors (Lipinski definition) is 1. The van der Waals surface area contributed by atoms with Gasteiger partial charge < -0.3 is 13.7 Å². The Balaban J connectivity index is 0.00000107. The van der Waals surface area contributed by atoms with Gasteiger partial charge in [-0.1, -0.05) is 57.9 Å². The first-order valence-corrected chi connectivity index (χ1v) is 13.7. The summed E-state index contributed by atoms with van der Waals surface area (Å²) >= 11 is 0.578. The number of rotatable bonds is 10. The van der Waals surface area contributed by atoms with Crippen molar-refractivity contribution >= 4 is 12.3 Å². The molecule has 7 nitrogen and oxygen atoms in total. The highest BCUT2D eigenvalue weighted by Gasteiger charge is 2.32. The van der Waals surface area contributed by atoms with Gasteiger partial charge in [0.1, 0.15) is 18.1 Å². The van der Waals surface area contributed by atoms with Crippen LogP contribution in [0.5, 0.6) is 11.5 Å². The lowest BCUT2D eigenvalue weighted by atomic mass is 9.69. The summed E-state index contributed by atoms with van der Waals surface area (Å²) in [5, 5.41) is 11.9. The normalized spacial score (nSPS) is 18.8. The van der Waals surface area contributed by atoms with E-state index in [0.29, 0.717) is 24.0 Å². The molecular formula is C30H37NO6S. The SMILES string of the molecule is COC.OOOSOc1ccc2c(c1)CC[C@H](c1ccccc1)[C@@H]2c1ccc(OCCN2CCCC2)cc1. The Bertz CT molecular complexity index is 1090. The maximum absolute atomic E-state index is 8.32. The van der Waals surface area contributed by atoms with Crippen molar-refractivity contribution in [1.82, 2.24) is 4.90 Å². The van der Waals surface area contributed by atoms with Gasteiger partial charge in [0.25, 0.3) is 12.3 Å². The van der Waals surface area contributed by atoms with Crippen molar-refractivity contribution in [3.05, 3.63) is 95.1 Å². The Labute approximate surface area is 229 Å². The second-order valence-corrected chi connectivity index (χ2v) is 10.0. The topological polar surface area (TPSA) is 69.6 Å². The Morgan fingerprint density at radius 1 is 0.895 bits per heavy atom. The van der Waals surface area contributed by atoms with E-state index in [2.05, 4.69) is 79.7 Å². The Kier molecular flexibility index (Phi) is 11.3. The van der Waals surface area contributed by atoms with Crippen LogP contribution in [0.2, 0.25) is 0 Å². The average molecular weight is 540 g/mol. The maximum atomic E-state index is 8.32. The van der Waals surface area contributed by atoms with E-state index >= 15 is 0 Å². The van der Waals surface area contributed by atoms with E-state index in [0.717, 1.165) is 31.7 Å². The minimum absolute atomic E-state index is 0.235. The first-order valence-electron chi connectivity index (χ1n) is 13.1. The van der Waals surface area contributed by atoms with E-state index in [9.17, 15) is 0 Å². The van der Waals surface area contributed by atoms with Crippen molar-refractivity contribution in [1.29, 1.82) is 0 Å². The van der Waals surface area contributed by atoms with Crippen LogP contribution in [-0.2, 0) is 20.5 Å². The lowest BCUT2D eigenvalue weighted by Gasteiger charge is -2.35. The smallest absolute Gasteiger partial charge is 0.261 e. The summed E-state index contributed by atoms with van der Waals surface area (Å²) in [7, 11) is 3.25. The number of methoxy groups -OCH3 is 1. The number of benzene rings is 3. The molecule has 0 bridgehead atoms. The number of likely N-dealkylation sites (tertiary alicyclic amines) is 1. The fourth-order valence-corrected chi connectivity index (χ4v) is 5.69. The molecule has 3 aromatic carbocycles. The molecule has 2 aliphatic rings. The Morgan fingerprint density at radius 3 is 2.32 bits per heavy atom. The third kappa shape index (κ3) is 7.72. The van der Waals surface area contributed by atoms with Gasteiger partial charge >= 0.3 is 0 Å². The average Bonchev–Trinajstić information content (AvgIpc) is 3.48. The molecule has 0 saturated carbocycles. The van der Waals surface area contributed by atoms with Crippen LogP contribution in [0.15, 0.2) is 72.8 Å². The van der Waals surface area contributed by atoms with Gasteiger partial charge in [0, 0.05) is 26.7 Å². The van der Waals surface area contributed by atoms with Gasteiger partial charge in [-0.15, -0.1) is 0 Å². The molecule has 1 aliphatic carbocycles. The molecule has 1 N–H and O–H groups in total. The molecule has 1 saturated heterocycles. The van der Waals surface area contributed by atoms with Gasteiger partial charge in [0.2, 0.25) is 0 Å². The highest BCUT2D eigenvalue weighted by atomic mass is 32.2. The second kappa shape index (κ2) is 15.1. The Morgan fingerprint density at radius 2 is 1.61 bits per heavy atom. The van der Waals surface area contributed by atoms with Crippen LogP contribution in [0.25, 0.3) is 0 Å². The molecule has 0 amide bonds. The molecule has 0 spiro atoms. The number of aryl methyl sites for hydroxylation is 1. The summed E-state index contributed by atoms with van der Waals surface area (Å²) in [6.45, 7) is 4.10. The highest BCUT2D eigenvalue weighted by Crippen LogP contribution is 2.47. The molecule has 204 valence electrons. The number of fused-ring (bicyclic) bond motifs is 1. The maximum Gasteiger partial charge on any atom is 0.261 e. The third-order valence-electron chi connectivity index (χ3n) is 7.11. The monoisotopic (exact) mass is 539 g/mol. The van der Waals surface area contributed by atoms with E-state index in [1.165, 1.54) is 48.2 Å². The molecule has 1 heterocycles. The van der Waals surface area contributed by atoms with Crippen molar-refractivity contribution in [2.45, 2.75) is 37.5 Å². The van der Waals surface area contributed by atoms with Crippen molar-refractivity contribution in [3.8, 4) is 11.5 Å². The highest BCUT2D eigenvalue weighted by molar-refractivity contribution is 7.90. The summed E-state index contributed by atoms with van der Waals surface area (Å²) in [6, 6.07) is 25.6. The van der Waals surface area contributed by atoms with Crippen LogP contribution in [0.3, 0.4) is 0 Å². The predicted molar refractivity (Wildman–Crippen MR) is 149 cm³/mol. The molecule has 38 heavy (non-hydrogen) atoms.